The fraction of sp³-hybridized carbons (Fsp3) is 0.217. The van der Waals surface area contributed by atoms with Gasteiger partial charge in [-0.3, -0.25) is 0 Å². The number of anilines is 1. The van der Waals surface area contributed by atoms with Gasteiger partial charge in [0.15, 0.2) is 11.5 Å². The predicted octanol–water partition coefficient (Wildman–Crippen LogP) is 4.75. The largest absolute Gasteiger partial charge is 0.504 e. The number of methoxy groups -OCH3 is 1. The van der Waals surface area contributed by atoms with Crippen LogP contribution in [0.2, 0.25) is 0 Å². The molecule has 1 heterocycles. The summed E-state index contributed by atoms with van der Waals surface area (Å²) in [5.74, 6) is 0.322. The van der Waals surface area contributed by atoms with Gasteiger partial charge in [0, 0.05) is 16.1 Å². The number of sulfonamides is 1. The molecule has 6 nitrogen and oxygen atoms in total. The van der Waals surface area contributed by atoms with Crippen LogP contribution in [-0.2, 0) is 10.0 Å². The lowest BCUT2D eigenvalue weighted by Crippen LogP contribution is -2.31. The monoisotopic (exact) mass is 502 g/mol. The van der Waals surface area contributed by atoms with E-state index < -0.39 is 10.0 Å². The molecule has 0 amide bonds. The molecule has 4 rings (SSSR count). The third-order valence-electron chi connectivity index (χ3n) is 5.84. The first-order valence-electron chi connectivity index (χ1n) is 9.74. The van der Waals surface area contributed by atoms with Gasteiger partial charge >= 0.3 is 0 Å². The Hall–Kier alpha value is -2.55. The number of ether oxygens (including phenoxy) is 1. The third-order valence-corrected chi connectivity index (χ3v) is 7.28. The quantitative estimate of drug-likeness (QED) is 0.477. The summed E-state index contributed by atoms with van der Waals surface area (Å²) in [7, 11) is -2.34. The van der Waals surface area contributed by atoms with E-state index in [1.54, 1.807) is 24.3 Å². The second-order valence-electron chi connectivity index (χ2n) is 7.74. The smallest absolute Gasteiger partial charge is 0.238 e. The average Bonchev–Trinajstić information content (AvgIpc) is 2.73. The number of halogens is 1. The van der Waals surface area contributed by atoms with Crippen LogP contribution >= 0.6 is 15.9 Å². The third kappa shape index (κ3) is 4.15. The van der Waals surface area contributed by atoms with Crippen molar-refractivity contribution in [2.75, 3.05) is 12.4 Å². The van der Waals surface area contributed by atoms with Crippen molar-refractivity contribution < 1.29 is 18.3 Å². The van der Waals surface area contributed by atoms with Crippen molar-refractivity contribution in [1.82, 2.24) is 0 Å². The predicted molar refractivity (Wildman–Crippen MR) is 124 cm³/mol. The number of benzene rings is 3. The highest BCUT2D eigenvalue weighted by Crippen LogP contribution is 2.49. The van der Waals surface area contributed by atoms with Crippen LogP contribution in [0.3, 0.4) is 0 Å². The molecular weight excluding hydrogens is 480 g/mol. The maximum atomic E-state index is 12.0. The van der Waals surface area contributed by atoms with E-state index in [4.69, 9.17) is 9.88 Å². The van der Waals surface area contributed by atoms with Crippen LogP contribution in [0, 0.1) is 5.92 Å². The van der Waals surface area contributed by atoms with Crippen LogP contribution in [0.1, 0.15) is 35.6 Å². The molecule has 3 atom stereocenters. The van der Waals surface area contributed by atoms with E-state index in [9.17, 15) is 13.5 Å². The van der Waals surface area contributed by atoms with Crippen LogP contribution in [0.15, 0.2) is 70.0 Å². The number of nitrogens with two attached hydrogens (primary N) is 1. The molecular formula is C23H23BrN2O4S. The number of rotatable bonds is 4. The zero-order chi connectivity index (χ0) is 22.3. The summed E-state index contributed by atoms with van der Waals surface area (Å²) in [5.41, 5.74) is 3.71. The van der Waals surface area contributed by atoms with Gasteiger partial charge in [-0.1, -0.05) is 41.1 Å². The van der Waals surface area contributed by atoms with Crippen molar-refractivity contribution in [1.29, 1.82) is 0 Å². The van der Waals surface area contributed by atoms with Gasteiger partial charge in [0.2, 0.25) is 10.0 Å². The summed E-state index contributed by atoms with van der Waals surface area (Å²) >= 11 is 3.48. The number of hydrogen-bond acceptors (Lipinski definition) is 5. The van der Waals surface area contributed by atoms with Gasteiger partial charge in [-0.25, -0.2) is 13.6 Å². The Kier molecular flexibility index (Phi) is 5.72. The first-order valence-corrected chi connectivity index (χ1v) is 12.1. The van der Waals surface area contributed by atoms with Crippen molar-refractivity contribution in [2.24, 2.45) is 11.1 Å². The molecule has 3 aromatic carbocycles. The van der Waals surface area contributed by atoms with E-state index in [1.807, 2.05) is 18.2 Å². The normalized spacial score (nSPS) is 20.6. The molecule has 8 heteroatoms. The van der Waals surface area contributed by atoms with Crippen LogP contribution in [0.4, 0.5) is 5.69 Å². The summed E-state index contributed by atoms with van der Waals surface area (Å²) in [4.78, 5) is 0.0677. The minimum absolute atomic E-state index is 0.00858. The fourth-order valence-electron chi connectivity index (χ4n) is 4.31. The molecule has 162 valence electrons. The highest BCUT2D eigenvalue weighted by atomic mass is 79.9. The first kappa shape index (κ1) is 21.7. The van der Waals surface area contributed by atoms with Crippen molar-refractivity contribution >= 4 is 31.6 Å². The maximum absolute atomic E-state index is 12.0. The molecule has 0 spiro atoms. The van der Waals surface area contributed by atoms with E-state index in [2.05, 4.69) is 40.3 Å². The molecule has 0 radical (unpaired) electrons. The topological polar surface area (TPSA) is 102 Å². The van der Waals surface area contributed by atoms with E-state index in [-0.39, 0.29) is 28.5 Å². The number of phenolic OH excluding ortho intramolecular Hbond substituents is 1. The Balaban J connectivity index is 1.90. The number of aromatic hydroxyl groups is 1. The van der Waals surface area contributed by atoms with Gasteiger partial charge in [0.05, 0.1) is 18.0 Å². The molecule has 0 aromatic heterocycles. The lowest BCUT2D eigenvalue weighted by molar-refractivity contribution is 0.370. The SMILES string of the molecule is COc1cc([C@@H]2c3cc(S(N)(=O)=O)ccc3N[C@H](c3ccc(Br)cc3)[C@H]2C)ccc1O. The molecule has 0 unspecified atom stereocenters. The molecule has 0 bridgehead atoms. The molecule has 3 aromatic rings. The van der Waals surface area contributed by atoms with Crippen molar-refractivity contribution in [3.8, 4) is 11.5 Å². The standard InChI is InChI=1S/C23H23BrN2O4S/c1-13-22(15-5-10-20(27)21(11-15)30-2)18-12-17(31(25,28)29)8-9-19(18)26-23(13)14-3-6-16(24)7-4-14/h3-13,22-23,26-27H,1-2H3,(H2,25,28,29)/t13-,22+,23-/m0/s1. The van der Waals surface area contributed by atoms with Crippen LogP contribution in [0.5, 0.6) is 11.5 Å². The number of primary sulfonamides is 1. The van der Waals surface area contributed by atoms with Crippen LogP contribution in [0.25, 0.3) is 0 Å². The lowest BCUT2D eigenvalue weighted by atomic mass is 9.73. The van der Waals surface area contributed by atoms with Crippen LogP contribution in [-0.4, -0.2) is 20.6 Å². The van der Waals surface area contributed by atoms with Gasteiger partial charge < -0.3 is 15.2 Å². The molecule has 31 heavy (non-hydrogen) atoms. The van der Waals surface area contributed by atoms with Gasteiger partial charge in [0.1, 0.15) is 0 Å². The van der Waals surface area contributed by atoms with Gasteiger partial charge in [-0.2, -0.15) is 0 Å². The molecule has 0 aliphatic carbocycles. The van der Waals surface area contributed by atoms with E-state index >= 15 is 0 Å². The molecule has 1 aliphatic rings. The van der Waals surface area contributed by atoms with Crippen molar-refractivity contribution in [3.05, 3.63) is 81.8 Å². The second-order valence-corrected chi connectivity index (χ2v) is 10.2. The Bertz CT molecular complexity index is 1230. The van der Waals surface area contributed by atoms with E-state index in [1.165, 1.54) is 13.2 Å². The Labute approximate surface area is 190 Å². The van der Waals surface area contributed by atoms with Crippen LogP contribution < -0.4 is 15.2 Å². The minimum Gasteiger partial charge on any atom is -0.504 e. The van der Waals surface area contributed by atoms with E-state index in [0.29, 0.717) is 5.75 Å². The summed E-state index contributed by atoms with van der Waals surface area (Å²) in [6.07, 6.45) is 0. The molecule has 1 aliphatic heterocycles. The highest BCUT2D eigenvalue weighted by molar-refractivity contribution is 9.10. The van der Waals surface area contributed by atoms with Crippen molar-refractivity contribution in [2.45, 2.75) is 23.8 Å². The maximum Gasteiger partial charge on any atom is 0.238 e. The number of fused-ring (bicyclic) bond motifs is 1. The average molecular weight is 503 g/mol. The van der Waals surface area contributed by atoms with Gasteiger partial charge in [-0.15, -0.1) is 0 Å². The van der Waals surface area contributed by atoms with Crippen molar-refractivity contribution in [3.63, 3.8) is 0 Å². The van der Waals surface area contributed by atoms with E-state index in [0.717, 1.165) is 26.9 Å². The molecule has 0 saturated carbocycles. The number of phenols is 1. The summed E-state index contributed by atoms with van der Waals surface area (Å²) in [6, 6.07) is 18.3. The summed E-state index contributed by atoms with van der Waals surface area (Å²) < 4.78 is 30.3. The zero-order valence-electron chi connectivity index (χ0n) is 17.0. The Morgan fingerprint density at radius 1 is 1.03 bits per heavy atom. The molecule has 0 fully saturated rings. The summed E-state index contributed by atoms with van der Waals surface area (Å²) in [5, 5.41) is 19.0. The highest BCUT2D eigenvalue weighted by Gasteiger charge is 2.36. The fourth-order valence-corrected chi connectivity index (χ4v) is 5.12. The second kappa shape index (κ2) is 8.18. The zero-order valence-corrected chi connectivity index (χ0v) is 19.4. The minimum atomic E-state index is -3.85. The summed E-state index contributed by atoms with van der Waals surface area (Å²) in [6.45, 7) is 2.12. The number of hydrogen-bond donors (Lipinski definition) is 3. The molecule has 0 saturated heterocycles. The molecule has 4 N–H and O–H groups in total. The Morgan fingerprint density at radius 2 is 1.71 bits per heavy atom. The first-order chi connectivity index (χ1) is 14.7. The van der Waals surface area contributed by atoms with Gasteiger partial charge in [-0.05, 0) is 65.1 Å². The van der Waals surface area contributed by atoms with Gasteiger partial charge in [0.25, 0.3) is 0 Å². The lowest BCUT2D eigenvalue weighted by Gasteiger charge is -2.40. The number of nitrogens with one attached hydrogen (secondary N) is 1. The Morgan fingerprint density at radius 3 is 2.35 bits per heavy atom.